The normalized spacial score (nSPS) is 13.9. The van der Waals surface area contributed by atoms with Crippen molar-refractivity contribution in [3.8, 4) is 0 Å². The molecule has 136 valence electrons. The monoisotopic (exact) mass is 362 g/mol. The zero-order valence-electron chi connectivity index (χ0n) is 16.6. The first kappa shape index (κ1) is 22.7. The average Bonchev–Trinajstić information content (AvgIpc) is 2.35. The molecule has 0 amide bonds. The van der Waals surface area contributed by atoms with Crippen molar-refractivity contribution in [3.63, 3.8) is 0 Å². The maximum absolute atomic E-state index is 13.9. The number of aldehydes is 1. The third-order valence-electron chi connectivity index (χ3n) is 5.27. The summed E-state index contributed by atoms with van der Waals surface area (Å²) in [6.45, 7) is 21.5. The quantitative estimate of drug-likeness (QED) is 0.343. The van der Waals surface area contributed by atoms with Gasteiger partial charge in [0.2, 0.25) is 0 Å². The zero-order chi connectivity index (χ0) is 18.7. The molecule has 0 heterocycles. The summed E-state index contributed by atoms with van der Waals surface area (Å²) in [6.07, 6.45) is 0.249. The van der Waals surface area contributed by atoms with E-state index in [1.807, 2.05) is 0 Å². The van der Waals surface area contributed by atoms with Gasteiger partial charge in [-0.05, 0) is 36.3 Å². The van der Waals surface area contributed by atoms with Crippen molar-refractivity contribution in [1.29, 1.82) is 0 Å². The summed E-state index contributed by atoms with van der Waals surface area (Å²) in [6, 6.07) is 0. The SMILES string of the molecule is CC(C)(C)[Si](C)(C)OCC(CO[Si](C)(C)C(C)(C)C)=C(F)C=O. The fraction of sp³-hybridized carbons (Fsp3) is 0.824. The Bertz CT molecular complexity index is 412. The van der Waals surface area contributed by atoms with Crippen molar-refractivity contribution < 1.29 is 18.0 Å². The Balaban J connectivity index is 5.07. The van der Waals surface area contributed by atoms with Crippen molar-refractivity contribution >= 4 is 22.9 Å². The molecule has 0 aliphatic heterocycles. The molecule has 0 N–H and O–H groups in total. The Morgan fingerprint density at radius 2 is 1.17 bits per heavy atom. The largest absolute Gasteiger partial charge is 0.413 e. The van der Waals surface area contributed by atoms with E-state index in [1.54, 1.807) is 0 Å². The van der Waals surface area contributed by atoms with Gasteiger partial charge in [-0.2, -0.15) is 0 Å². The molecular formula is C17H35FO3Si2. The molecule has 23 heavy (non-hydrogen) atoms. The predicted molar refractivity (Wildman–Crippen MR) is 100 cm³/mol. The highest BCUT2D eigenvalue weighted by atomic mass is 28.4. The third-order valence-corrected chi connectivity index (χ3v) is 14.2. The van der Waals surface area contributed by atoms with Crippen LogP contribution in [0.5, 0.6) is 0 Å². The van der Waals surface area contributed by atoms with E-state index in [-0.39, 0.29) is 29.6 Å². The lowest BCUT2D eigenvalue weighted by Crippen LogP contribution is -2.43. The zero-order valence-corrected chi connectivity index (χ0v) is 18.6. The van der Waals surface area contributed by atoms with E-state index in [0.717, 1.165) is 0 Å². The van der Waals surface area contributed by atoms with Crippen LogP contribution in [0.1, 0.15) is 41.5 Å². The predicted octanol–water partition coefficient (Wildman–Crippen LogP) is 5.45. The first-order valence-corrected chi connectivity index (χ1v) is 14.0. The number of rotatable bonds is 7. The van der Waals surface area contributed by atoms with Crippen molar-refractivity contribution in [2.24, 2.45) is 0 Å². The number of hydrogen-bond donors (Lipinski definition) is 0. The highest BCUT2D eigenvalue weighted by Crippen LogP contribution is 2.38. The Labute approximate surface area is 143 Å². The summed E-state index contributed by atoms with van der Waals surface area (Å²) >= 11 is 0. The minimum absolute atomic E-state index is 0.0378. The molecule has 0 aliphatic carbocycles. The second-order valence-electron chi connectivity index (χ2n) is 9.17. The minimum Gasteiger partial charge on any atom is -0.413 e. The van der Waals surface area contributed by atoms with Crippen molar-refractivity contribution in [2.45, 2.75) is 77.8 Å². The van der Waals surface area contributed by atoms with Gasteiger partial charge in [0.25, 0.3) is 0 Å². The van der Waals surface area contributed by atoms with E-state index in [4.69, 9.17) is 8.85 Å². The van der Waals surface area contributed by atoms with Crippen LogP contribution >= 0.6 is 0 Å². The minimum atomic E-state index is -2.00. The van der Waals surface area contributed by atoms with Crippen LogP contribution in [0.3, 0.4) is 0 Å². The van der Waals surface area contributed by atoms with Gasteiger partial charge in [0.1, 0.15) is 0 Å². The average molecular weight is 363 g/mol. The van der Waals surface area contributed by atoms with Crippen LogP contribution in [0.4, 0.5) is 4.39 Å². The topological polar surface area (TPSA) is 35.5 Å². The molecule has 0 radical (unpaired) electrons. The second-order valence-corrected chi connectivity index (χ2v) is 18.8. The highest BCUT2D eigenvalue weighted by molar-refractivity contribution is 6.74. The van der Waals surface area contributed by atoms with Crippen LogP contribution in [0.15, 0.2) is 11.4 Å². The van der Waals surface area contributed by atoms with E-state index in [2.05, 4.69) is 67.7 Å². The molecular weight excluding hydrogens is 327 g/mol. The summed E-state index contributed by atoms with van der Waals surface area (Å²) in [4.78, 5) is 10.9. The molecule has 0 rings (SSSR count). The molecule has 0 aromatic rings. The van der Waals surface area contributed by atoms with Crippen LogP contribution in [0.25, 0.3) is 0 Å². The Morgan fingerprint density at radius 1 is 0.870 bits per heavy atom. The molecule has 0 bridgehead atoms. The lowest BCUT2D eigenvalue weighted by Gasteiger charge is -2.38. The first-order valence-electron chi connectivity index (χ1n) is 8.16. The number of carbonyl (C=O) groups is 1. The van der Waals surface area contributed by atoms with Gasteiger partial charge in [-0.25, -0.2) is 4.39 Å². The van der Waals surface area contributed by atoms with Gasteiger partial charge in [0.15, 0.2) is 28.7 Å². The summed E-state index contributed by atoms with van der Waals surface area (Å²) < 4.78 is 26.0. The summed E-state index contributed by atoms with van der Waals surface area (Å²) in [5.74, 6) is -0.762. The van der Waals surface area contributed by atoms with Crippen molar-refractivity contribution in [1.82, 2.24) is 0 Å². The van der Waals surface area contributed by atoms with E-state index < -0.39 is 22.5 Å². The fourth-order valence-electron chi connectivity index (χ4n) is 1.23. The molecule has 0 saturated heterocycles. The molecule has 0 saturated carbocycles. The maximum Gasteiger partial charge on any atom is 0.192 e. The standard InChI is InChI=1S/C17H35FO3Si2/c1-16(2,3)22(7,8)20-12-14(15(18)11-19)13-21-23(9,10)17(4,5)6/h11H,12-13H2,1-10H3. The highest BCUT2D eigenvalue weighted by Gasteiger charge is 2.39. The summed E-state index contributed by atoms with van der Waals surface area (Å²) in [5.41, 5.74) is 0.314. The molecule has 3 nitrogen and oxygen atoms in total. The van der Waals surface area contributed by atoms with Gasteiger partial charge >= 0.3 is 0 Å². The number of allylic oxidation sites excluding steroid dienone is 1. The molecule has 0 aliphatic rings. The molecule has 0 aromatic carbocycles. The number of halogens is 1. The van der Waals surface area contributed by atoms with Gasteiger partial charge < -0.3 is 8.85 Å². The lowest BCUT2D eigenvalue weighted by molar-refractivity contribution is -0.106. The summed E-state index contributed by atoms with van der Waals surface area (Å²) in [5, 5.41) is 0.0755. The maximum atomic E-state index is 13.9. The molecule has 0 atom stereocenters. The smallest absolute Gasteiger partial charge is 0.192 e. The van der Waals surface area contributed by atoms with Crippen molar-refractivity contribution in [3.05, 3.63) is 11.4 Å². The molecule has 0 spiro atoms. The van der Waals surface area contributed by atoms with Crippen LogP contribution in [0.2, 0.25) is 36.3 Å². The Kier molecular flexibility index (Phi) is 7.62. The van der Waals surface area contributed by atoms with Gasteiger partial charge in [-0.3, -0.25) is 4.79 Å². The van der Waals surface area contributed by atoms with Gasteiger partial charge in [0, 0.05) is 5.57 Å². The Hall–Kier alpha value is -0.306. The van der Waals surface area contributed by atoms with Gasteiger partial charge in [-0.15, -0.1) is 0 Å². The number of hydrogen-bond acceptors (Lipinski definition) is 3. The molecule has 6 heteroatoms. The summed E-state index contributed by atoms with van der Waals surface area (Å²) in [7, 11) is -4.00. The van der Waals surface area contributed by atoms with E-state index in [0.29, 0.717) is 5.57 Å². The third kappa shape index (κ3) is 6.60. The van der Waals surface area contributed by atoms with Gasteiger partial charge in [0.05, 0.1) is 13.2 Å². The molecule has 0 fully saturated rings. The molecule has 0 unspecified atom stereocenters. The van der Waals surface area contributed by atoms with Gasteiger partial charge in [-0.1, -0.05) is 41.5 Å². The van der Waals surface area contributed by atoms with Crippen molar-refractivity contribution in [2.75, 3.05) is 13.2 Å². The fourth-order valence-corrected chi connectivity index (χ4v) is 3.17. The van der Waals surface area contributed by atoms with Crippen LogP contribution in [-0.2, 0) is 13.6 Å². The van der Waals surface area contributed by atoms with E-state index >= 15 is 0 Å². The molecule has 0 aromatic heterocycles. The van der Waals surface area contributed by atoms with E-state index in [1.165, 1.54) is 0 Å². The first-order chi connectivity index (χ1) is 10.0. The Morgan fingerprint density at radius 3 is 1.39 bits per heavy atom. The number of carbonyl (C=O) groups excluding carboxylic acids is 1. The van der Waals surface area contributed by atoms with Crippen LogP contribution in [0, 0.1) is 0 Å². The lowest BCUT2D eigenvalue weighted by atomic mass is 10.2. The van der Waals surface area contributed by atoms with Crippen LogP contribution in [-0.4, -0.2) is 36.1 Å². The second kappa shape index (κ2) is 7.72. The van der Waals surface area contributed by atoms with E-state index in [9.17, 15) is 9.18 Å². The van der Waals surface area contributed by atoms with Crippen LogP contribution < -0.4 is 0 Å².